The van der Waals surface area contributed by atoms with Gasteiger partial charge in [-0.15, -0.1) is 0 Å². The first-order valence-electron chi connectivity index (χ1n) is 4.65. The number of imidazole rings is 1. The second-order valence-electron chi connectivity index (χ2n) is 3.31. The van der Waals surface area contributed by atoms with Gasteiger partial charge in [-0.05, 0) is 26.3 Å². The average molecular weight is 188 g/mol. The molecular formula is C12H16N2. The lowest BCUT2D eigenvalue weighted by atomic mass is 10.1. The molecule has 0 unspecified atom stereocenters. The maximum absolute atomic E-state index is 4.16. The fourth-order valence-corrected chi connectivity index (χ4v) is 1.14. The van der Waals surface area contributed by atoms with Gasteiger partial charge in [0.25, 0.3) is 0 Å². The molecule has 0 atom stereocenters. The number of H-pyrrole nitrogens is 1. The molecule has 1 rings (SSSR count). The second-order valence-corrected chi connectivity index (χ2v) is 3.31. The van der Waals surface area contributed by atoms with Gasteiger partial charge in [0.05, 0.1) is 11.9 Å². The van der Waals surface area contributed by atoms with E-state index < -0.39 is 0 Å². The van der Waals surface area contributed by atoms with Crippen LogP contribution in [0.2, 0.25) is 0 Å². The molecule has 0 amide bonds. The lowest BCUT2D eigenvalue weighted by Gasteiger charge is -1.96. The molecule has 1 aromatic heterocycles. The molecule has 0 fully saturated rings. The van der Waals surface area contributed by atoms with Crippen LogP contribution >= 0.6 is 0 Å². The van der Waals surface area contributed by atoms with Crippen molar-refractivity contribution >= 4 is 5.57 Å². The first-order valence-corrected chi connectivity index (χ1v) is 4.65. The molecule has 0 radical (unpaired) electrons. The van der Waals surface area contributed by atoms with Gasteiger partial charge in [0.2, 0.25) is 0 Å². The van der Waals surface area contributed by atoms with Gasteiger partial charge in [0, 0.05) is 0 Å². The van der Waals surface area contributed by atoms with Gasteiger partial charge in [0.1, 0.15) is 5.82 Å². The van der Waals surface area contributed by atoms with Crippen LogP contribution in [-0.4, -0.2) is 9.97 Å². The van der Waals surface area contributed by atoms with Crippen LogP contribution in [0.15, 0.2) is 36.6 Å². The van der Waals surface area contributed by atoms with Crippen molar-refractivity contribution in [3.8, 4) is 0 Å². The summed E-state index contributed by atoms with van der Waals surface area (Å²) in [7, 11) is 0. The second kappa shape index (κ2) is 4.61. The van der Waals surface area contributed by atoms with Crippen LogP contribution in [0.25, 0.3) is 5.57 Å². The highest BCUT2D eigenvalue weighted by molar-refractivity contribution is 5.71. The summed E-state index contributed by atoms with van der Waals surface area (Å²) >= 11 is 0. The third kappa shape index (κ3) is 2.73. The monoisotopic (exact) mass is 188 g/mol. The summed E-state index contributed by atoms with van der Waals surface area (Å²) in [6.07, 6.45) is 7.92. The molecule has 0 bridgehead atoms. The van der Waals surface area contributed by atoms with Crippen molar-refractivity contribution in [3.63, 3.8) is 0 Å². The van der Waals surface area contributed by atoms with Crippen LogP contribution < -0.4 is 0 Å². The Morgan fingerprint density at radius 1 is 1.50 bits per heavy atom. The van der Waals surface area contributed by atoms with Gasteiger partial charge in [-0.1, -0.05) is 30.4 Å². The van der Waals surface area contributed by atoms with Gasteiger partial charge in [0.15, 0.2) is 0 Å². The van der Waals surface area contributed by atoms with E-state index in [1.807, 2.05) is 45.2 Å². The van der Waals surface area contributed by atoms with Crippen LogP contribution in [0, 0.1) is 6.92 Å². The molecule has 2 heteroatoms. The molecule has 0 aliphatic heterocycles. The Morgan fingerprint density at radius 3 is 2.64 bits per heavy atom. The number of nitrogens with one attached hydrogen (secondary N) is 1. The van der Waals surface area contributed by atoms with Crippen molar-refractivity contribution in [1.82, 2.24) is 9.97 Å². The summed E-state index contributed by atoms with van der Waals surface area (Å²) < 4.78 is 0. The third-order valence-corrected chi connectivity index (χ3v) is 1.87. The highest BCUT2D eigenvalue weighted by Gasteiger charge is 1.99. The molecule has 1 aromatic rings. The van der Waals surface area contributed by atoms with Crippen molar-refractivity contribution in [2.45, 2.75) is 20.8 Å². The predicted molar refractivity (Wildman–Crippen MR) is 60.9 cm³/mol. The number of aromatic nitrogens is 2. The van der Waals surface area contributed by atoms with E-state index in [4.69, 9.17) is 0 Å². The summed E-state index contributed by atoms with van der Waals surface area (Å²) in [5.41, 5.74) is 3.22. The summed E-state index contributed by atoms with van der Waals surface area (Å²) in [6, 6.07) is 0. The highest BCUT2D eigenvalue weighted by atomic mass is 14.9. The molecular weight excluding hydrogens is 172 g/mol. The summed E-state index contributed by atoms with van der Waals surface area (Å²) in [6.45, 7) is 9.75. The van der Waals surface area contributed by atoms with E-state index in [1.165, 1.54) is 0 Å². The number of aromatic amines is 1. The zero-order valence-electron chi connectivity index (χ0n) is 8.96. The molecule has 0 aliphatic carbocycles. The molecule has 2 nitrogen and oxygen atoms in total. The first-order chi connectivity index (χ1) is 6.63. The number of nitrogens with zero attached hydrogens (tertiary/aromatic N) is 1. The minimum Gasteiger partial charge on any atom is -0.342 e. The Labute approximate surface area is 85.1 Å². The number of hydrogen-bond donors (Lipinski definition) is 1. The number of aryl methyl sites for hydroxylation is 1. The summed E-state index contributed by atoms with van der Waals surface area (Å²) in [5.74, 6) is 0.933. The van der Waals surface area contributed by atoms with Crippen LogP contribution in [0.5, 0.6) is 0 Å². The first kappa shape index (κ1) is 10.5. The molecule has 0 spiro atoms. The van der Waals surface area contributed by atoms with E-state index in [2.05, 4.69) is 16.5 Å². The molecule has 0 saturated carbocycles. The van der Waals surface area contributed by atoms with Crippen LogP contribution in [-0.2, 0) is 0 Å². The van der Waals surface area contributed by atoms with Crippen molar-refractivity contribution in [2.24, 2.45) is 0 Å². The van der Waals surface area contributed by atoms with Crippen molar-refractivity contribution in [2.75, 3.05) is 0 Å². The minimum atomic E-state index is 0.933. The Balaban J connectivity index is 2.89. The largest absolute Gasteiger partial charge is 0.342 e. The van der Waals surface area contributed by atoms with Gasteiger partial charge < -0.3 is 4.98 Å². The van der Waals surface area contributed by atoms with Gasteiger partial charge in [-0.25, -0.2) is 4.98 Å². The fraction of sp³-hybridized carbons (Fsp3) is 0.250. The molecule has 14 heavy (non-hydrogen) atoms. The molecule has 1 heterocycles. The smallest absolute Gasteiger partial charge is 0.103 e. The van der Waals surface area contributed by atoms with Crippen molar-refractivity contribution < 1.29 is 0 Å². The lowest BCUT2D eigenvalue weighted by molar-refractivity contribution is 1.14. The van der Waals surface area contributed by atoms with E-state index in [0.29, 0.717) is 0 Å². The topological polar surface area (TPSA) is 28.7 Å². The molecule has 1 N–H and O–H groups in total. The Hall–Kier alpha value is -1.57. The van der Waals surface area contributed by atoms with E-state index in [9.17, 15) is 0 Å². The third-order valence-electron chi connectivity index (χ3n) is 1.87. The molecule has 0 aromatic carbocycles. The SMILES string of the molecule is C=C(C)/C=C\C(=C/C)c1cnc(C)[nH]1. The maximum Gasteiger partial charge on any atom is 0.103 e. The van der Waals surface area contributed by atoms with E-state index in [1.54, 1.807) is 0 Å². The maximum atomic E-state index is 4.16. The Morgan fingerprint density at radius 2 is 2.21 bits per heavy atom. The zero-order chi connectivity index (χ0) is 10.6. The Bertz CT molecular complexity index is 381. The molecule has 0 aliphatic rings. The number of allylic oxidation sites excluding steroid dienone is 5. The number of hydrogen-bond acceptors (Lipinski definition) is 1. The van der Waals surface area contributed by atoms with Crippen LogP contribution in [0.3, 0.4) is 0 Å². The van der Waals surface area contributed by atoms with Crippen molar-refractivity contribution in [3.05, 3.63) is 48.1 Å². The minimum absolute atomic E-state index is 0.933. The van der Waals surface area contributed by atoms with Gasteiger partial charge >= 0.3 is 0 Å². The predicted octanol–water partition coefficient (Wildman–Crippen LogP) is 3.25. The molecule has 0 saturated heterocycles. The standard InChI is InChI=1S/C12H16N2/c1-5-11(7-6-9(2)3)12-8-13-10(4)14-12/h5-8H,2H2,1,3-4H3,(H,13,14)/b7-6-,11-5+. The van der Waals surface area contributed by atoms with E-state index in [0.717, 1.165) is 22.7 Å². The fourth-order valence-electron chi connectivity index (χ4n) is 1.14. The van der Waals surface area contributed by atoms with E-state index >= 15 is 0 Å². The summed E-state index contributed by atoms with van der Waals surface area (Å²) in [5, 5.41) is 0. The van der Waals surface area contributed by atoms with E-state index in [-0.39, 0.29) is 0 Å². The lowest BCUT2D eigenvalue weighted by Crippen LogP contribution is -1.80. The zero-order valence-corrected chi connectivity index (χ0v) is 8.96. The number of rotatable bonds is 3. The van der Waals surface area contributed by atoms with Gasteiger partial charge in [-0.2, -0.15) is 0 Å². The molecule has 74 valence electrons. The average Bonchev–Trinajstić information content (AvgIpc) is 2.53. The highest BCUT2D eigenvalue weighted by Crippen LogP contribution is 2.13. The van der Waals surface area contributed by atoms with Crippen molar-refractivity contribution in [1.29, 1.82) is 0 Å². The van der Waals surface area contributed by atoms with Gasteiger partial charge in [-0.3, -0.25) is 0 Å². The van der Waals surface area contributed by atoms with Crippen LogP contribution in [0.1, 0.15) is 25.4 Å². The van der Waals surface area contributed by atoms with Crippen LogP contribution in [0.4, 0.5) is 0 Å². The Kier molecular flexibility index (Phi) is 3.46. The normalized spacial score (nSPS) is 12.4. The quantitative estimate of drug-likeness (QED) is 0.725. The summed E-state index contributed by atoms with van der Waals surface area (Å²) in [4.78, 5) is 7.35.